The zero-order chi connectivity index (χ0) is 14.7. The maximum atomic E-state index is 4.56. The van der Waals surface area contributed by atoms with Crippen LogP contribution in [0.3, 0.4) is 0 Å². The summed E-state index contributed by atoms with van der Waals surface area (Å²) in [6.07, 6.45) is 5.99. The summed E-state index contributed by atoms with van der Waals surface area (Å²) in [6, 6.07) is 1.08. The fourth-order valence-corrected chi connectivity index (χ4v) is 2.64. The van der Waals surface area contributed by atoms with Crippen LogP contribution in [-0.2, 0) is 0 Å². The summed E-state index contributed by atoms with van der Waals surface area (Å²) in [5.74, 6) is 0.911. The molecule has 0 saturated carbocycles. The van der Waals surface area contributed by atoms with E-state index >= 15 is 0 Å². The van der Waals surface area contributed by atoms with Crippen molar-refractivity contribution in [1.29, 1.82) is 0 Å². The molecule has 0 atom stereocenters. The Bertz CT molecular complexity index is 447. The van der Waals surface area contributed by atoms with Crippen LogP contribution in [0.2, 0.25) is 0 Å². The van der Waals surface area contributed by atoms with Gasteiger partial charge in [0.15, 0.2) is 5.84 Å². The molecule has 1 saturated heterocycles. The number of nitrogens with zero attached hydrogens (tertiary/aromatic N) is 4. The fourth-order valence-electron chi connectivity index (χ4n) is 2.64. The molecule has 2 heterocycles. The van der Waals surface area contributed by atoms with Crippen LogP contribution in [0.15, 0.2) is 34.0 Å². The minimum atomic E-state index is 0.449. The Hall–Kier alpha value is -1.42. The van der Waals surface area contributed by atoms with Crippen molar-refractivity contribution in [3.8, 4) is 0 Å². The fraction of sp³-hybridized carbons (Fsp3) is 0.625. The average molecular weight is 274 g/mol. The molecule has 2 rings (SSSR count). The van der Waals surface area contributed by atoms with Gasteiger partial charge in [-0.3, -0.25) is 0 Å². The summed E-state index contributed by atoms with van der Waals surface area (Å²) >= 11 is 0. The van der Waals surface area contributed by atoms with E-state index in [1.165, 1.54) is 5.57 Å². The lowest BCUT2D eigenvalue weighted by Crippen LogP contribution is -2.46. The number of aliphatic imine (C=N–C) groups is 1. The van der Waals surface area contributed by atoms with Gasteiger partial charge in [-0.05, 0) is 40.5 Å². The average Bonchev–Trinajstić information content (AvgIpc) is 2.77. The molecule has 0 spiro atoms. The van der Waals surface area contributed by atoms with Gasteiger partial charge >= 0.3 is 0 Å². The van der Waals surface area contributed by atoms with Crippen molar-refractivity contribution < 1.29 is 0 Å². The van der Waals surface area contributed by atoms with Gasteiger partial charge < -0.3 is 4.90 Å². The lowest BCUT2D eigenvalue weighted by atomic mass is 10.0. The number of hydrogen-bond acceptors (Lipinski definition) is 3. The number of likely N-dealkylation sites (tertiary alicyclic amines) is 1. The predicted octanol–water partition coefficient (Wildman–Crippen LogP) is 3.04. The number of hydrogen-bond donors (Lipinski definition) is 0. The Morgan fingerprint density at radius 1 is 1.40 bits per heavy atom. The minimum absolute atomic E-state index is 0.449. The first-order valence-electron chi connectivity index (χ1n) is 7.46. The molecule has 110 valence electrons. The lowest BCUT2D eigenvalue weighted by Gasteiger charge is -2.37. The highest BCUT2D eigenvalue weighted by atomic mass is 15.5. The van der Waals surface area contributed by atoms with Crippen LogP contribution < -0.4 is 0 Å². The first kappa shape index (κ1) is 15.0. The summed E-state index contributed by atoms with van der Waals surface area (Å²) in [6.45, 7) is 14.9. The molecule has 0 aromatic rings. The van der Waals surface area contributed by atoms with E-state index in [-0.39, 0.29) is 0 Å². The van der Waals surface area contributed by atoms with E-state index in [1.807, 2.05) is 26.3 Å². The van der Waals surface area contributed by atoms with Crippen molar-refractivity contribution >= 4 is 12.1 Å². The van der Waals surface area contributed by atoms with Crippen molar-refractivity contribution in [2.75, 3.05) is 13.1 Å². The molecule has 0 unspecified atom stereocenters. The van der Waals surface area contributed by atoms with Crippen LogP contribution in [0, 0.1) is 0 Å². The van der Waals surface area contributed by atoms with Gasteiger partial charge in [0.1, 0.15) is 0 Å². The molecule has 4 heteroatoms. The van der Waals surface area contributed by atoms with Gasteiger partial charge in [-0.25, -0.2) is 10.0 Å². The van der Waals surface area contributed by atoms with E-state index in [1.54, 1.807) is 0 Å². The number of allylic oxidation sites excluding steroid dienone is 1. The molecule has 0 N–H and O–H groups in total. The van der Waals surface area contributed by atoms with Crippen LogP contribution in [0.4, 0.5) is 0 Å². The van der Waals surface area contributed by atoms with Crippen molar-refractivity contribution in [3.63, 3.8) is 0 Å². The molecule has 0 aliphatic carbocycles. The number of amidine groups is 1. The highest BCUT2D eigenvalue weighted by molar-refractivity contribution is 6.17. The van der Waals surface area contributed by atoms with E-state index in [0.717, 1.165) is 37.3 Å². The van der Waals surface area contributed by atoms with Gasteiger partial charge in [-0.15, -0.1) is 0 Å². The first-order valence-corrected chi connectivity index (χ1v) is 7.46. The summed E-state index contributed by atoms with van der Waals surface area (Å²) in [5.41, 5.74) is 2.10. The Balaban J connectivity index is 2.05. The van der Waals surface area contributed by atoms with Crippen LogP contribution in [0.1, 0.15) is 40.5 Å². The SMILES string of the molecule is C=C1C=NN(C2CCN(C(C)C)CC2)C1=NC=C(C)C. The molecule has 20 heavy (non-hydrogen) atoms. The number of rotatable bonds is 3. The molecular formula is C16H26N4. The van der Waals surface area contributed by atoms with Gasteiger partial charge in [0, 0.05) is 30.9 Å². The van der Waals surface area contributed by atoms with Crippen molar-refractivity contribution in [3.05, 3.63) is 23.9 Å². The third-order valence-electron chi connectivity index (χ3n) is 3.86. The van der Waals surface area contributed by atoms with E-state index in [4.69, 9.17) is 0 Å². The van der Waals surface area contributed by atoms with Gasteiger partial charge in [-0.1, -0.05) is 12.2 Å². The molecule has 2 aliphatic rings. The smallest absolute Gasteiger partial charge is 0.157 e. The zero-order valence-electron chi connectivity index (χ0n) is 13.1. The Kier molecular flexibility index (Phi) is 4.76. The van der Waals surface area contributed by atoms with E-state index in [2.05, 4.69) is 40.4 Å². The number of hydrazone groups is 1. The highest BCUT2D eigenvalue weighted by Crippen LogP contribution is 2.23. The van der Waals surface area contributed by atoms with Crippen molar-refractivity contribution in [2.24, 2.45) is 10.1 Å². The van der Waals surface area contributed by atoms with E-state index in [0.29, 0.717) is 12.1 Å². The second-order valence-electron chi connectivity index (χ2n) is 6.13. The molecule has 4 nitrogen and oxygen atoms in total. The topological polar surface area (TPSA) is 31.2 Å². The Morgan fingerprint density at radius 3 is 2.60 bits per heavy atom. The molecule has 2 aliphatic heterocycles. The molecule has 1 fully saturated rings. The second kappa shape index (κ2) is 6.35. The normalized spacial score (nSPS) is 23.1. The Labute approximate surface area is 122 Å². The molecule has 0 amide bonds. The van der Waals surface area contributed by atoms with Crippen LogP contribution in [0.25, 0.3) is 0 Å². The maximum absolute atomic E-state index is 4.56. The molecule has 0 aromatic carbocycles. The van der Waals surface area contributed by atoms with Gasteiger partial charge in [0.05, 0.1) is 12.3 Å². The molecular weight excluding hydrogens is 248 g/mol. The lowest BCUT2D eigenvalue weighted by molar-refractivity contribution is 0.131. The van der Waals surface area contributed by atoms with Gasteiger partial charge in [0.25, 0.3) is 0 Å². The van der Waals surface area contributed by atoms with Gasteiger partial charge in [-0.2, -0.15) is 5.10 Å². The van der Waals surface area contributed by atoms with Crippen LogP contribution >= 0.6 is 0 Å². The third-order valence-corrected chi connectivity index (χ3v) is 3.86. The summed E-state index contributed by atoms with van der Waals surface area (Å²) in [4.78, 5) is 7.08. The second-order valence-corrected chi connectivity index (χ2v) is 6.13. The zero-order valence-corrected chi connectivity index (χ0v) is 13.1. The van der Waals surface area contributed by atoms with Gasteiger partial charge in [0.2, 0.25) is 0 Å². The Morgan fingerprint density at radius 2 is 2.05 bits per heavy atom. The largest absolute Gasteiger partial charge is 0.301 e. The molecule has 0 bridgehead atoms. The maximum Gasteiger partial charge on any atom is 0.157 e. The summed E-state index contributed by atoms with van der Waals surface area (Å²) in [5, 5.41) is 6.57. The third kappa shape index (κ3) is 3.37. The first-order chi connectivity index (χ1) is 9.49. The van der Waals surface area contributed by atoms with Crippen molar-refractivity contribution in [2.45, 2.75) is 52.6 Å². The standard InChI is InChI=1S/C16H26N4/c1-12(2)10-17-16-14(5)11-18-20(16)15-6-8-19(9-7-15)13(3)4/h10-11,13,15H,5-9H2,1-4H3. The van der Waals surface area contributed by atoms with E-state index in [9.17, 15) is 0 Å². The predicted molar refractivity (Wildman–Crippen MR) is 86.1 cm³/mol. The van der Waals surface area contributed by atoms with Crippen LogP contribution in [-0.4, -0.2) is 47.1 Å². The number of piperidine rings is 1. The highest BCUT2D eigenvalue weighted by Gasteiger charge is 2.30. The van der Waals surface area contributed by atoms with Crippen molar-refractivity contribution in [1.82, 2.24) is 9.91 Å². The van der Waals surface area contributed by atoms with E-state index < -0.39 is 0 Å². The quantitative estimate of drug-likeness (QED) is 0.792. The van der Waals surface area contributed by atoms with Crippen LogP contribution in [0.5, 0.6) is 0 Å². The molecule has 0 aromatic heterocycles. The summed E-state index contributed by atoms with van der Waals surface area (Å²) in [7, 11) is 0. The minimum Gasteiger partial charge on any atom is -0.301 e. The summed E-state index contributed by atoms with van der Waals surface area (Å²) < 4.78 is 0. The monoisotopic (exact) mass is 274 g/mol. The molecule has 0 radical (unpaired) electrons.